The Hall–Kier alpha value is -0.860. The average molecular weight is 233 g/mol. The molecule has 0 aliphatic carbocycles. The minimum atomic E-state index is 0.616. The molecule has 0 spiro atoms. The molecule has 1 aromatic rings. The number of ether oxygens (including phenoxy) is 1. The second-order valence-electron chi connectivity index (χ2n) is 4.92. The Morgan fingerprint density at radius 3 is 2.94 bits per heavy atom. The molecule has 2 nitrogen and oxygen atoms in total. The van der Waals surface area contributed by atoms with Crippen LogP contribution in [0.25, 0.3) is 0 Å². The maximum atomic E-state index is 5.63. The first-order valence-electron chi connectivity index (χ1n) is 6.67. The third-order valence-corrected chi connectivity index (χ3v) is 3.68. The first-order valence-corrected chi connectivity index (χ1v) is 6.67. The molecule has 1 aliphatic heterocycles. The minimum absolute atomic E-state index is 0.616. The molecule has 2 heteroatoms. The van der Waals surface area contributed by atoms with Gasteiger partial charge in [-0.25, -0.2) is 0 Å². The smallest absolute Gasteiger partial charge is 0.0512 e. The van der Waals surface area contributed by atoms with Crippen LogP contribution in [0.15, 0.2) is 24.3 Å². The molecule has 0 amide bonds. The van der Waals surface area contributed by atoms with E-state index in [0.717, 1.165) is 32.6 Å². The van der Waals surface area contributed by atoms with Crippen LogP contribution in [0.2, 0.25) is 0 Å². The second-order valence-corrected chi connectivity index (χ2v) is 4.92. The lowest BCUT2D eigenvalue weighted by atomic mass is 9.88. The molecular formula is C15H23NO. The molecule has 0 aromatic heterocycles. The van der Waals surface area contributed by atoms with E-state index in [9.17, 15) is 0 Å². The van der Waals surface area contributed by atoms with Crippen molar-refractivity contribution in [2.24, 2.45) is 5.92 Å². The Morgan fingerprint density at radius 2 is 2.18 bits per heavy atom. The summed E-state index contributed by atoms with van der Waals surface area (Å²) in [5.41, 5.74) is 2.86. The fourth-order valence-electron chi connectivity index (χ4n) is 2.65. The van der Waals surface area contributed by atoms with Gasteiger partial charge in [0.25, 0.3) is 0 Å². The zero-order valence-electron chi connectivity index (χ0n) is 10.9. The summed E-state index contributed by atoms with van der Waals surface area (Å²) >= 11 is 0. The molecule has 94 valence electrons. The zero-order chi connectivity index (χ0) is 12.1. The lowest BCUT2D eigenvalue weighted by molar-refractivity contribution is 0.0326. The minimum Gasteiger partial charge on any atom is -0.381 e. The summed E-state index contributed by atoms with van der Waals surface area (Å²) in [7, 11) is 0. The second kappa shape index (κ2) is 6.18. The largest absolute Gasteiger partial charge is 0.381 e. The fraction of sp³-hybridized carbons (Fsp3) is 0.600. The summed E-state index contributed by atoms with van der Waals surface area (Å²) in [6.45, 7) is 7.23. The highest BCUT2D eigenvalue weighted by Crippen LogP contribution is 2.21. The number of rotatable bonds is 4. The fourth-order valence-corrected chi connectivity index (χ4v) is 2.65. The van der Waals surface area contributed by atoms with Crippen LogP contribution in [0.5, 0.6) is 0 Å². The molecule has 2 rings (SSSR count). The van der Waals surface area contributed by atoms with Gasteiger partial charge in [-0.2, -0.15) is 0 Å². The third-order valence-electron chi connectivity index (χ3n) is 3.68. The molecule has 17 heavy (non-hydrogen) atoms. The van der Waals surface area contributed by atoms with E-state index in [1.54, 1.807) is 0 Å². The Balaban J connectivity index is 2.03. The number of hydrogen-bond donors (Lipinski definition) is 1. The van der Waals surface area contributed by atoms with E-state index in [-0.39, 0.29) is 0 Å². The van der Waals surface area contributed by atoms with Crippen molar-refractivity contribution in [1.82, 2.24) is 5.32 Å². The number of aryl methyl sites for hydroxylation is 1. The van der Waals surface area contributed by atoms with E-state index in [4.69, 9.17) is 4.74 Å². The summed E-state index contributed by atoms with van der Waals surface area (Å²) in [5.74, 6) is 0.616. The lowest BCUT2D eigenvalue weighted by Crippen LogP contribution is -2.43. The molecule has 0 bridgehead atoms. The van der Waals surface area contributed by atoms with Crippen LogP contribution in [0, 0.1) is 12.8 Å². The summed E-state index contributed by atoms with van der Waals surface area (Å²) in [6, 6.07) is 9.30. The molecular weight excluding hydrogens is 210 g/mol. The first kappa shape index (κ1) is 12.6. The lowest BCUT2D eigenvalue weighted by Gasteiger charge is -2.32. The van der Waals surface area contributed by atoms with Gasteiger partial charge in [0, 0.05) is 18.6 Å². The monoisotopic (exact) mass is 233 g/mol. The Kier molecular flexibility index (Phi) is 4.57. The van der Waals surface area contributed by atoms with Gasteiger partial charge in [-0.15, -0.1) is 0 Å². The van der Waals surface area contributed by atoms with Gasteiger partial charge in [0.05, 0.1) is 6.61 Å². The van der Waals surface area contributed by atoms with Gasteiger partial charge >= 0.3 is 0 Å². The van der Waals surface area contributed by atoms with Crippen LogP contribution in [-0.2, 0) is 11.2 Å². The summed E-state index contributed by atoms with van der Waals surface area (Å²) in [6.07, 6.45) is 2.27. The van der Waals surface area contributed by atoms with Crippen LogP contribution < -0.4 is 5.32 Å². The highest BCUT2D eigenvalue weighted by molar-refractivity contribution is 5.26. The molecule has 0 saturated carbocycles. The average Bonchev–Trinajstić information content (AvgIpc) is 2.35. The molecule has 1 heterocycles. The molecule has 1 aromatic carbocycles. The van der Waals surface area contributed by atoms with Gasteiger partial charge in [0.1, 0.15) is 0 Å². The highest BCUT2D eigenvalue weighted by atomic mass is 16.5. The predicted molar refractivity (Wildman–Crippen MR) is 71.3 cm³/mol. The van der Waals surface area contributed by atoms with Crippen LogP contribution in [-0.4, -0.2) is 25.8 Å². The molecule has 0 unspecified atom stereocenters. The molecule has 1 saturated heterocycles. The Morgan fingerprint density at radius 1 is 1.35 bits per heavy atom. The van der Waals surface area contributed by atoms with Gasteiger partial charge in [0.15, 0.2) is 0 Å². The first-order chi connectivity index (χ1) is 8.31. The quantitative estimate of drug-likeness (QED) is 0.863. The summed E-state index contributed by atoms with van der Waals surface area (Å²) in [4.78, 5) is 0. The maximum absolute atomic E-state index is 5.63. The van der Waals surface area contributed by atoms with Crippen molar-refractivity contribution >= 4 is 0 Å². The van der Waals surface area contributed by atoms with E-state index in [1.807, 2.05) is 0 Å². The SMILES string of the molecule is CCN[C@@H]1CCOC[C@H]1Cc1ccccc1C. The topological polar surface area (TPSA) is 21.3 Å². The standard InChI is InChI=1S/C15H23NO/c1-3-16-15-8-9-17-11-14(15)10-13-7-5-4-6-12(13)2/h4-7,14-16H,3,8-11H2,1-2H3/t14-,15-/m1/s1. The van der Waals surface area contributed by atoms with Gasteiger partial charge in [-0.1, -0.05) is 31.2 Å². The zero-order valence-corrected chi connectivity index (χ0v) is 10.9. The maximum Gasteiger partial charge on any atom is 0.0512 e. The number of benzene rings is 1. The number of hydrogen-bond acceptors (Lipinski definition) is 2. The molecule has 1 fully saturated rings. The normalized spacial score (nSPS) is 24.8. The van der Waals surface area contributed by atoms with Gasteiger partial charge in [-0.05, 0) is 37.4 Å². The molecule has 0 radical (unpaired) electrons. The molecule has 2 atom stereocenters. The Bertz CT molecular complexity index is 349. The molecule has 1 aliphatic rings. The van der Waals surface area contributed by atoms with Gasteiger partial charge < -0.3 is 10.1 Å². The van der Waals surface area contributed by atoms with Gasteiger partial charge in [0.2, 0.25) is 0 Å². The van der Waals surface area contributed by atoms with E-state index in [1.165, 1.54) is 11.1 Å². The van der Waals surface area contributed by atoms with Crippen molar-refractivity contribution in [3.05, 3.63) is 35.4 Å². The van der Waals surface area contributed by atoms with Crippen molar-refractivity contribution in [3.8, 4) is 0 Å². The number of nitrogens with one attached hydrogen (secondary N) is 1. The third kappa shape index (κ3) is 3.30. The highest BCUT2D eigenvalue weighted by Gasteiger charge is 2.25. The van der Waals surface area contributed by atoms with Crippen LogP contribution in [0.1, 0.15) is 24.5 Å². The Labute approximate surface area is 104 Å². The van der Waals surface area contributed by atoms with Crippen molar-refractivity contribution < 1.29 is 4.74 Å². The van der Waals surface area contributed by atoms with Crippen LogP contribution >= 0.6 is 0 Å². The van der Waals surface area contributed by atoms with Gasteiger partial charge in [-0.3, -0.25) is 0 Å². The van der Waals surface area contributed by atoms with Crippen molar-refractivity contribution in [1.29, 1.82) is 0 Å². The predicted octanol–water partition coefficient (Wildman–Crippen LogP) is 2.55. The van der Waals surface area contributed by atoms with E-state index in [0.29, 0.717) is 12.0 Å². The van der Waals surface area contributed by atoms with E-state index in [2.05, 4.69) is 43.4 Å². The van der Waals surface area contributed by atoms with E-state index >= 15 is 0 Å². The van der Waals surface area contributed by atoms with Crippen LogP contribution in [0.3, 0.4) is 0 Å². The summed E-state index contributed by atoms with van der Waals surface area (Å²) < 4.78 is 5.63. The summed E-state index contributed by atoms with van der Waals surface area (Å²) in [5, 5.41) is 3.59. The molecule has 1 N–H and O–H groups in total. The van der Waals surface area contributed by atoms with Crippen LogP contribution in [0.4, 0.5) is 0 Å². The van der Waals surface area contributed by atoms with Crippen molar-refractivity contribution in [3.63, 3.8) is 0 Å². The van der Waals surface area contributed by atoms with E-state index < -0.39 is 0 Å². The van der Waals surface area contributed by atoms with Crippen molar-refractivity contribution in [2.75, 3.05) is 19.8 Å². The van der Waals surface area contributed by atoms with Crippen molar-refractivity contribution in [2.45, 2.75) is 32.7 Å².